The summed E-state index contributed by atoms with van der Waals surface area (Å²) in [6, 6.07) is 4.09. The van der Waals surface area contributed by atoms with Crippen LogP contribution in [0, 0.1) is 11.6 Å². The summed E-state index contributed by atoms with van der Waals surface area (Å²) in [5.74, 6) is -1.41. The molecule has 1 aromatic carbocycles. The smallest absolute Gasteiger partial charge is 0.222 e. The molecule has 0 spiro atoms. The molecule has 2 heterocycles. The van der Waals surface area contributed by atoms with E-state index in [4.69, 9.17) is 5.73 Å². The van der Waals surface area contributed by atoms with Crippen LogP contribution in [-0.4, -0.2) is 10.1 Å². The number of anilines is 1. The van der Waals surface area contributed by atoms with E-state index in [2.05, 4.69) is 14.7 Å². The molecule has 0 bridgehead atoms. The molecule has 0 saturated heterocycles. The van der Waals surface area contributed by atoms with Crippen molar-refractivity contribution in [1.82, 2.24) is 10.1 Å². The monoisotopic (exact) mass is 235 g/mol. The maximum absolute atomic E-state index is 14.1. The van der Waals surface area contributed by atoms with Crippen molar-refractivity contribution < 1.29 is 13.3 Å². The third-order valence-electron chi connectivity index (χ3n) is 2.52. The largest absolute Gasteiger partial charge is 0.368 e. The zero-order chi connectivity index (χ0) is 12.0. The zero-order valence-corrected chi connectivity index (χ0v) is 8.50. The number of rotatable bonds is 1. The lowest BCUT2D eigenvalue weighted by Crippen LogP contribution is -1.91. The van der Waals surface area contributed by atoms with Crippen molar-refractivity contribution >= 4 is 16.8 Å². The summed E-state index contributed by atoms with van der Waals surface area (Å²) >= 11 is 0. The summed E-state index contributed by atoms with van der Waals surface area (Å²) in [6.07, 6.45) is 1.54. The molecule has 0 amide bonds. The van der Waals surface area contributed by atoms with Crippen LogP contribution >= 0.6 is 0 Å². The fraction of sp³-hybridized carbons (Fsp3) is 0. The Bertz CT molecular complexity index is 702. The Balaban J connectivity index is 2.35. The minimum Gasteiger partial charge on any atom is -0.368 e. The highest BCUT2D eigenvalue weighted by atomic mass is 19.1. The fourth-order valence-electron chi connectivity index (χ4n) is 1.77. The van der Waals surface area contributed by atoms with E-state index in [9.17, 15) is 8.78 Å². The lowest BCUT2D eigenvalue weighted by Gasteiger charge is -2.02. The minimum absolute atomic E-state index is 0.00498. The predicted octanol–water partition coefficient (Wildman–Crippen LogP) is 2.68. The number of hydrogen-bond donors (Lipinski definition) is 2. The number of nitrogen functional groups attached to an aromatic ring is 1. The van der Waals surface area contributed by atoms with Crippen molar-refractivity contribution in [2.75, 3.05) is 5.73 Å². The van der Waals surface area contributed by atoms with Gasteiger partial charge in [-0.2, -0.15) is 0 Å². The Kier molecular flexibility index (Phi) is 1.91. The van der Waals surface area contributed by atoms with Gasteiger partial charge in [0.1, 0.15) is 11.5 Å². The first-order valence-corrected chi connectivity index (χ1v) is 4.84. The Morgan fingerprint density at radius 2 is 2.12 bits per heavy atom. The lowest BCUT2D eigenvalue weighted by atomic mass is 10.1. The van der Waals surface area contributed by atoms with Crippen LogP contribution in [0.25, 0.3) is 22.2 Å². The van der Waals surface area contributed by atoms with Crippen molar-refractivity contribution in [2.24, 2.45) is 0 Å². The Labute approximate surface area is 94.0 Å². The van der Waals surface area contributed by atoms with Crippen LogP contribution in [0.1, 0.15) is 0 Å². The number of nitrogens with zero attached hydrogens (tertiary/aromatic N) is 1. The molecule has 3 N–H and O–H groups in total. The van der Waals surface area contributed by atoms with Gasteiger partial charge in [-0.3, -0.25) is 0 Å². The number of halogens is 2. The van der Waals surface area contributed by atoms with E-state index in [0.29, 0.717) is 5.39 Å². The molecule has 2 aromatic heterocycles. The molecule has 0 aliphatic heterocycles. The normalized spacial score (nSPS) is 11.2. The highest BCUT2D eigenvalue weighted by Gasteiger charge is 2.19. The fourth-order valence-corrected chi connectivity index (χ4v) is 1.77. The van der Waals surface area contributed by atoms with Crippen molar-refractivity contribution in [1.29, 1.82) is 0 Å². The lowest BCUT2D eigenvalue weighted by molar-refractivity contribution is 0.438. The van der Waals surface area contributed by atoms with Gasteiger partial charge in [0, 0.05) is 17.6 Å². The molecule has 86 valence electrons. The van der Waals surface area contributed by atoms with Crippen LogP contribution in [-0.2, 0) is 0 Å². The summed E-state index contributed by atoms with van der Waals surface area (Å²) in [7, 11) is 0. The number of hydrogen-bond acceptors (Lipinski definition) is 3. The summed E-state index contributed by atoms with van der Waals surface area (Å²) < 4.78 is 32.4. The molecule has 0 radical (unpaired) electrons. The molecular weight excluding hydrogens is 228 g/mol. The average molecular weight is 235 g/mol. The molecule has 4 nitrogen and oxygen atoms in total. The molecule has 0 aliphatic carbocycles. The number of benzene rings is 1. The second kappa shape index (κ2) is 3.31. The Hall–Kier alpha value is -2.37. The van der Waals surface area contributed by atoms with Gasteiger partial charge in [0.05, 0.1) is 11.1 Å². The summed E-state index contributed by atoms with van der Waals surface area (Å²) in [5.41, 5.74) is 5.34. The van der Waals surface area contributed by atoms with Crippen LogP contribution in [0.5, 0.6) is 0 Å². The standard InChI is InChI=1S/C11H7F2N3O/c12-6-3-5-1-2-15-11(5)10(13)9(6)7-4-8(14)17-16-7/h1-4,15H,14H2. The summed E-state index contributed by atoms with van der Waals surface area (Å²) in [5, 5.41) is 3.96. The van der Waals surface area contributed by atoms with Gasteiger partial charge in [-0.1, -0.05) is 5.16 Å². The van der Waals surface area contributed by atoms with Gasteiger partial charge < -0.3 is 15.2 Å². The zero-order valence-electron chi connectivity index (χ0n) is 8.50. The van der Waals surface area contributed by atoms with Crippen molar-refractivity contribution in [3.63, 3.8) is 0 Å². The Morgan fingerprint density at radius 1 is 1.29 bits per heavy atom. The molecule has 3 rings (SSSR count). The van der Waals surface area contributed by atoms with Crippen LogP contribution in [0.15, 0.2) is 28.9 Å². The minimum atomic E-state index is -0.710. The topological polar surface area (TPSA) is 67.8 Å². The van der Waals surface area contributed by atoms with Crippen LogP contribution in [0.3, 0.4) is 0 Å². The molecular formula is C11H7F2N3O. The Morgan fingerprint density at radius 3 is 2.82 bits per heavy atom. The van der Waals surface area contributed by atoms with Gasteiger partial charge >= 0.3 is 0 Å². The number of fused-ring (bicyclic) bond motifs is 1. The molecule has 0 fully saturated rings. The molecule has 6 heteroatoms. The molecule has 0 atom stereocenters. The van der Waals surface area contributed by atoms with E-state index >= 15 is 0 Å². The highest BCUT2D eigenvalue weighted by Crippen LogP contribution is 2.31. The first-order valence-electron chi connectivity index (χ1n) is 4.84. The van der Waals surface area contributed by atoms with Gasteiger partial charge in [0.25, 0.3) is 0 Å². The maximum Gasteiger partial charge on any atom is 0.222 e. The number of H-pyrrole nitrogens is 1. The number of aromatic nitrogens is 2. The van der Waals surface area contributed by atoms with E-state index in [-0.39, 0.29) is 22.7 Å². The van der Waals surface area contributed by atoms with Gasteiger partial charge in [0.2, 0.25) is 5.88 Å². The van der Waals surface area contributed by atoms with Crippen LogP contribution in [0.2, 0.25) is 0 Å². The van der Waals surface area contributed by atoms with Crippen molar-refractivity contribution in [3.8, 4) is 11.3 Å². The third kappa shape index (κ3) is 1.37. The number of nitrogens with one attached hydrogen (secondary N) is 1. The highest BCUT2D eigenvalue weighted by molar-refractivity contribution is 5.85. The van der Waals surface area contributed by atoms with Crippen molar-refractivity contribution in [2.45, 2.75) is 0 Å². The van der Waals surface area contributed by atoms with Gasteiger partial charge in [0.15, 0.2) is 5.82 Å². The second-order valence-corrected chi connectivity index (χ2v) is 3.60. The van der Waals surface area contributed by atoms with Crippen LogP contribution in [0.4, 0.5) is 14.7 Å². The maximum atomic E-state index is 14.1. The molecule has 3 aromatic rings. The first-order chi connectivity index (χ1) is 8.16. The van der Waals surface area contributed by atoms with E-state index < -0.39 is 11.6 Å². The van der Waals surface area contributed by atoms with Crippen LogP contribution < -0.4 is 5.73 Å². The van der Waals surface area contributed by atoms with E-state index in [1.54, 1.807) is 6.07 Å². The van der Waals surface area contributed by atoms with Gasteiger partial charge in [-0.15, -0.1) is 0 Å². The molecule has 0 unspecified atom stereocenters. The van der Waals surface area contributed by atoms with Crippen molar-refractivity contribution in [3.05, 3.63) is 36.0 Å². The third-order valence-corrected chi connectivity index (χ3v) is 2.52. The molecule has 0 aliphatic rings. The SMILES string of the molecule is Nc1cc(-c2c(F)cc3cc[nH]c3c2F)no1. The molecule has 0 saturated carbocycles. The van der Waals surface area contributed by atoms with Gasteiger partial charge in [-0.25, -0.2) is 8.78 Å². The first kappa shape index (κ1) is 9.83. The number of aromatic amines is 1. The summed E-state index contributed by atoms with van der Waals surface area (Å²) in [4.78, 5) is 2.70. The predicted molar refractivity (Wildman–Crippen MR) is 58.1 cm³/mol. The van der Waals surface area contributed by atoms with E-state index in [1.165, 1.54) is 18.3 Å². The quantitative estimate of drug-likeness (QED) is 0.681. The van der Waals surface area contributed by atoms with E-state index in [0.717, 1.165) is 0 Å². The molecule has 17 heavy (non-hydrogen) atoms. The second-order valence-electron chi connectivity index (χ2n) is 3.60. The van der Waals surface area contributed by atoms with E-state index in [1.807, 2.05) is 0 Å². The van der Waals surface area contributed by atoms with Gasteiger partial charge in [-0.05, 0) is 12.1 Å². The average Bonchev–Trinajstić information content (AvgIpc) is 2.87. The number of nitrogens with two attached hydrogens (primary N) is 1. The summed E-state index contributed by atoms with van der Waals surface area (Å²) in [6.45, 7) is 0.